The van der Waals surface area contributed by atoms with Gasteiger partial charge in [0.2, 0.25) is 0 Å². The largest absolute Gasteiger partial charge is 0.494 e. The van der Waals surface area contributed by atoms with Crippen molar-refractivity contribution in [2.24, 2.45) is 0 Å². The quantitative estimate of drug-likeness (QED) is 0.790. The van der Waals surface area contributed by atoms with Crippen LogP contribution in [0.3, 0.4) is 0 Å². The molecule has 0 aromatic heterocycles. The fourth-order valence-corrected chi connectivity index (χ4v) is 1.69. The number of ketones is 1. The third-order valence-corrected chi connectivity index (χ3v) is 2.77. The molecule has 0 heterocycles. The highest BCUT2D eigenvalue weighted by atomic mass is 35.5. The van der Waals surface area contributed by atoms with Crippen LogP contribution in [-0.4, -0.2) is 12.9 Å². The van der Waals surface area contributed by atoms with Gasteiger partial charge >= 0.3 is 0 Å². The summed E-state index contributed by atoms with van der Waals surface area (Å²) in [6.45, 7) is 0. The molecule has 0 aliphatic carbocycles. The molecule has 0 atom stereocenters. The molecule has 2 aromatic carbocycles. The molecular formula is C14H10ClFO2. The maximum absolute atomic E-state index is 13.2. The molecule has 92 valence electrons. The Morgan fingerprint density at radius 2 is 1.72 bits per heavy atom. The molecular weight excluding hydrogens is 255 g/mol. The fraction of sp³-hybridized carbons (Fsp3) is 0.0714. The molecule has 4 heteroatoms. The van der Waals surface area contributed by atoms with E-state index in [4.69, 9.17) is 16.3 Å². The zero-order chi connectivity index (χ0) is 13.1. The standard InChI is InChI=1S/C14H10ClFO2/c1-18-13-8-10(4-7-12(13)16)14(17)9-2-5-11(15)6-3-9/h2-8H,1H3. The van der Waals surface area contributed by atoms with E-state index in [1.54, 1.807) is 24.3 Å². The van der Waals surface area contributed by atoms with E-state index in [0.717, 1.165) is 0 Å². The molecule has 0 aliphatic rings. The Balaban J connectivity index is 2.37. The molecule has 18 heavy (non-hydrogen) atoms. The van der Waals surface area contributed by atoms with Gasteiger partial charge in [0.15, 0.2) is 17.3 Å². The number of ether oxygens (including phenoxy) is 1. The van der Waals surface area contributed by atoms with Gasteiger partial charge in [-0.15, -0.1) is 0 Å². The summed E-state index contributed by atoms with van der Waals surface area (Å²) in [5.41, 5.74) is 0.864. The summed E-state index contributed by atoms with van der Waals surface area (Å²) in [6, 6.07) is 10.5. The van der Waals surface area contributed by atoms with Gasteiger partial charge in [-0.05, 0) is 42.5 Å². The van der Waals surface area contributed by atoms with Crippen molar-refractivity contribution >= 4 is 17.4 Å². The first-order valence-electron chi connectivity index (χ1n) is 5.25. The lowest BCUT2D eigenvalue weighted by atomic mass is 10.0. The van der Waals surface area contributed by atoms with Gasteiger partial charge in [0.25, 0.3) is 0 Å². The van der Waals surface area contributed by atoms with Gasteiger partial charge in [0.05, 0.1) is 7.11 Å². The number of benzene rings is 2. The fourth-order valence-electron chi connectivity index (χ4n) is 1.57. The monoisotopic (exact) mass is 264 g/mol. The normalized spacial score (nSPS) is 10.2. The first kappa shape index (κ1) is 12.6. The lowest BCUT2D eigenvalue weighted by Crippen LogP contribution is -2.02. The zero-order valence-electron chi connectivity index (χ0n) is 9.61. The number of halogens is 2. The number of carbonyl (C=O) groups is 1. The van der Waals surface area contributed by atoms with Crippen molar-refractivity contribution in [2.75, 3.05) is 7.11 Å². The summed E-state index contributed by atoms with van der Waals surface area (Å²) in [6.07, 6.45) is 0. The molecule has 0 radical (unpaired) electrons. The van der Waals surface area contributed by atoms with E-state index < -0.39 is 5.82 Å². The van der Waals surface area contributed by atoms with E-state index in [0.29, 0.717) is 16.1 Å². The molecule has 2 rings (SSSR count). The maximum Gasteiger partial charge on any atom is 0.193 e. The summed E-state index contributed by atoms with van der Waals surface area (Å²) in [4.78, 5) is 12.1. The van der Waals surface area contributed by atoms with Crippen LogP contribution < -0.4 is 4.74 Å². The molecule has 0 N–H and O–H groups in total. The summed E-state index contributed by atoms with van der Waals surface area (Å²) in [7, 11) is 1.36. The highest BCUT2D eigenvalue weighted by Gasteiger charge is 2.12. The first-order valence-corrected chi connectivity index (χ1v) is 5.63. The molecule has 0 aliphatic heterocycles. The van der Waals surface area contributed by atoms with Crippen LogP contribution in [0, 0.1) is 5.82 Å². The minimum atomic E-state index is -0.495. The lowest BCUT2D eigenvalue weighted by Gasteiger charge is -2.05. The maximum atomic E-state index is 13.2. The molecule has 0 saturated carbocycles. The van der Waals surface area contributed by atoms with Gasteiger partial charge in [0, 0.05) is 16.1 Å². The van der Waals surface area contributed by atoms with Gasteiger partial charge in [-0.3, -0.25) is 4.79 Å². The Bertz CT molecular complexity index is 579. The van der Waals surface area contributed by atoms with Gasteiger partial charge in [-0.1, -0.05) is 11.6 Å². The van der Waals surface area contributed by atoms with Crippen LogP contribution >= 0.6 is 11.6 Å². The highest BCUT2D eigenvalue weighted by Crippen LogP contribution is 2.21. The minimum Gasteiger partial charge on any atom is -0.494 e. The average molecular weight is 265 g/mol. The van der Waals surface area contributed by atoms with Crippen molar-refractivity contribution in [3.63, 3.8) is 0 Å². The van der Waals surface area contributed by atoms with Crippen LogP contribution in [0.15, 0.2) is 42.5 Å². The van der Waals surface area contributed by atoms with Crippen LogP contribution in [0.2, 0.25) is 5.02 Å². The van der Waals surface area contributed by atoms with E-state index >= 15 is 0 Å². The third kappa shape index (κ3) is 2.51. The van der Waals surface area contributed by atoms with Crippen molar-refractivity contribution < 1.29 is 13.9 Å². The number of carbonyl (C=O) groups excluding carboxylic acids is 1. The Labute approximate surface area is 109 Å². The Morgan fingerprint density at radius 1 is 1.11 bits per heavy atom. The van der Waals surface area contributed by atoms with Crippen molar-refractivity contribution in [3.05, 3.63) is 64.4 Å². The number of hydrogen-bond acceptors (Lipinski definition) is 2. The van der Waals surface area contributed by atoms with Gasteiger partial charge in [-0.2, -0.15) is 0 Å². The SMILES string of the molecule is COc1cc(C(=O)c2ccc(Cl)cc2)ccc1F. The highest BCUT2D eigenvalue weighted by molar-refractivity contribution is 6.30. The average Bonchev–Trinajstić information content (AvgIpc) is 2.39. The second-order valence-corrected chi connectivity index (χ2v) is 4.12. The minimum absolute atomic E-state index is 0.0508. The predicted octanol–water partition coefficient (Wildman–Crippen LogP) is 3.72. The van der Waals surface area contributed by atoms with Crippen LogP contribution in [0.25, 0.3) is 0 Å². The molecule has 0 bridgehead atoms. The number of methoxy groups -OCH3 is 1. The Kier molecular flexibility index (Phi) is 3.63. The summed E-state index contributed by atoms with van der Waals surface area (Å²) in [5, 5.41) is 0.559. The van der Waals surface area contributed by atoms with E-state index in [-0.39, 0.29) is 11.5 Å². The number of hydrogen-bond donors (Lipinski definition) is 0. The van der Waals surface area contributed by atoms with E-state index in [1.165, 1.54) is 25.3 Å². The molecule has 2 nitrogen and oxygen atoms in total. The zero-order valence-corrected chi connectivity index (χ0v) is 10.4. The van der Waals surface area contributed by atoms with Crippen LogP contribution in [0.5, 0.6) is 5.75 Å². The molecule has 0 unspecified atom stereocenters. The predicted molar refractivity (Wildman–Crippen MR) is 67.8 cm³/mol. The van der Waals surface area contributed by atoms with Gasteiger partial charge < -0.3 is 4.74 Å². The molecule has 0 saturated heterocycles. The molecule has 0 spiro atoms. The second-order valence-electron chi connectivity index (χ2n) is 3.69. The van der Waals surface area contributed by atoms with Crippen molar-refractivity contribution in [1.29, 1.82) is 0 Å². The third-order valence-electron chi connectivity index (χ3n) is 2.52. The van der Waals surface area contributed by atoms with Gasteiger partial charge in [0.1, 0.15) is 0 Å². The molecule has 0 amide bonds. The van der Waals surface area contributed by atoms with Crippen LogP contribution in [0.4, 0.5) is 4.39 Å². The molecule has 0 fully saturated rings. The number of rotatable bonds is 3. The summed E-state index contributed by atoms with van der Waals surface area (Å²) in [5.74, 6) is -0.648. The molecule has 2 aromatic rings. The lowest BCUT2D eigenvalue weighted by molar-refractivity contribution is 0.103. The smallest absolute Gasteiger partial charge is 0.193 e. The Hall–Kier alpha value is -1.87. The summed E-state index contributed by atoms with van der Waals surface area (Å²) < 4.78 is 18.1. The first-order chi connectivity index (χ1) is 8.61. The van der Waals surface area contributed by atoms with Crippen molar-refractivity contribution in [2.45, 2.75) is 0 Å². The van der Waals surface area contributed by atoms with Crippen molar-refractivity contribution in [3.8, 4) is 5.75 Å². The second kappa shape index (κ2) is 5.19. The Morgan fingerprint density at radius 3 is 2.33 bits per heavy atom. The topological polar surface area (TPSA) is 26.3 Å². The van der Waals surface area contributed by atoms with E-state index in [2.05, 4.69) is 0 Å². The summed E-state index contributed by atoms with van der Waals surface area (Å²) >= 11 is 5.75. The van der Waals surface area contributed by atoms with Gasteiger partial charge in [-0.25, -0.2) is 4.39 Å². The van der Waals surface area contributed by atoms with Crippen molar-refractivity contribution in [1.82, 2.24) is 0 Å². The van der Waals surface area contributed by atoms with E-state index in [1.807, 2.05) is 0 Å². The van der Waals surface area contributed by atoms with Crippen LogP contribution in [-0.2, 0) is 0 Å². The van der Waals surface area contributed by atoms with E-state index in [9.17, 15) is 9.18 Å². The van der Waals surface area contributed by atoms with Crippen LogP contribution in [0.1, 0.15) is 15.9 Å².